The van der Waals surface area contributed by atoms with Gasteiger partial charge in [-0.3, -0.25) is 0 Å². The van der Waals surface area contributed by atoms with E-state index >= 15 is 0 Å². The third-order valence-electron chi connectivity index (χ3n) is 2.29. The van der Waals surface area contributed by atoms with E-state index in [1.54, 1.807) is 6.20 Å². The summed E-state index contributed by atoms with van der Waals surface area (Å²) in [4.78, 5) is 3.95. The molecule has 0 spiro atoms. The maximum absolute atomic E-state index is 8.80. The summed E-state index contributed by atoms with van der Waals surface area (Å²) in [5.41, 5.74) is 2.42. The van der Waals surface area contributed by atoms with Gasteiger partial charge in [0.1, 0.15) is 6.07 Å². The second-order valence-electron chi connectivity index (χ2n) is 3.48. The first-order valence-corrected chi connectivity index (χ1v) is 4.76. The van der Waals surface area contributed by atoms with E-state index < -0.39 is 0 Å². The molecule has 0 aliphatic rings. The SMILES string of the molecule is Cc1ccc(Cn2ccnc2C#N)cc1. The average Bonchev–Trinajstić information content (AvgIpc) is 2.69. The van der Waals surface area contributed by atoms with Crippen molar-refractivity contribution < 1.29 is 0 Å². The van der Waals surface area contributed by atoms with E-state index in [0.717, 1.165) is 0 Å². The summed E-state index contributed by atoms with van der Waals surface area (Å²) < 4.78 is 1.84. The Morgan fingerprint density at radius 2 is 2.07 bits per heavy atom. The predicted molar refractivity (Wildman–Crippen MR) is 57.2 cm³/mol. The molecule has 1 aromatic carbocycles. The highest BCUT2D eigenvalue weighted by atomic mass is 15.1. The molecule has 0 aliphatic carbocycles. The van der Waals surface area contributed by atoms with E-state index in [1.807, 2.05) is 10.8 Å². The molecule has 3 heteroatoms. The molecular formula is C12H11N3. The first-order chi connectivity index (χ1) is 7.29. The van der Waals surface area contributed by atoms with Crippen molar-refractivity contribution >= 4 is 0 Å². The third kappa shape index (κ3) is 2.05. The number of nitriles is 1. The van der Waals surface area contributed by atoms with E-state index in [2.05, 4.69) is 42.2 Å². The Kier molecular flexibility index (Phi) is 2.51. The summed E-state index contributed by atoms with van der Waals surface area (Å²) in [6.07, 6.45) is 3.46. The van der Waals surface area contributed by atoms with Crippen molar-refractivity contribution in [1.29, 1.82) is 5.26 Å². The van der Waals surface area contributed by atoms with Crippen LogP contribution in [0.2, 0.25) is 0 Å². The van der Waals surface area contributed by atoms with Gasteiger partial charge in [-0.2, -0.15) is 5.26 Å². The van der Waals surface area contributed by atoms with Gasteiger partial charge in [0.25, 0.3) is 0 Å². The van der Waals surface area contributed by atoms with Crippen molar-refractivity contribution in [3.8, 4) is 6.07 Å². The number of imidazole rings is 1. The minimum Gasteiger partial charge on any atom is -0.318 e. The Labute approximate surface area is 88.6 Å². The summed E-state index contributed by atoms with van der Waals surface area (Å²) in [7, 11) is 0. The molecule has 1 aromatic heterocycles. The number of hydrogen-bond donors (Lipinski definition) is 0. The molecule has 0 fully saturated rings. The normalized spacial score (nSPS) is 9.87. The molecule has 3 nitrogen and oxygen atoms in total. The van der Waals surface area contributed by atoms with Crippen LogP contribution in [0.3, 0.4) is 0 Å². The molecule has 0 N–H and O–H groups in total. The summed E-state index contributed by atoms with van der Waals surface area (Å²) in [5, 5.41) is 8.80. The smallest absolute Gasteiger partial charge is 0.213 e. The fourth-order valence-electron chi connectivity index (χ4n) is 1.44. The number of aryl methyl sites for hydroxylation is 1. The largest absolute Gasteiger partial charge is 0.318 e. The van der Waals surface area contributed by atoms with Crippen molar-refractivity contribution in [2.45, 2.75) is 13.5 Å². The molecular weight excluding hydrogens is 186 g/mol. The Balaban J connectivity index is 2.23. The molecule has 1 heterocycles. The third-order valence-corrected chi connectivity index (χ3v) is 2.29. The molecule has 0 bridgehead atoms. The Morgan fingerprint density at radius 1 is 1.33 bits per heavy atom. The highest BCUT2D eigenvalue weighted by Crippen LogP contribution is 2.06. The second-order valence-corrected chi connectivity index (χ2v) is 3.48. The summed E-state index contributed by atoms with van der Waals surface area (Å²) in [5.74, 6) is 0.454. The number of rotatable bonds is 2. The van der Waals surface area contributed by atoms with Gasteiger partial charge < -0.3 is 4.57 Å². The second kappa shape index (κ2) is 3.97. The van der Waals surface area contributed by atoms with Crippen molar-refractivity contribution in [2.75, 3.05) is 0 Å². The van der Waals surface area contributed by atoms with Crippen LogP contribution < -0.4 is 0 Å². The average molecular weight is 197 g/mol. The predicted octanol–water partition coefficient (Wildman–Crippen LogP) is 2.11. The highest BCUT2D eigenvalue weighted by Gasteiger charge is 2.01. The molecule has 74 valence electrons. The molecule has 2 rings (SSSR count). The van der Waals surface area contributed by atoms with E-state index in [-0.39, 0.29) is 0 Å². The van der Waals surface area contributed by atoms with Crippen LogP contribution in [0.15, 0.2) is 36.7 Å². The lowest BCUT2D eigenvalue weighted by atomic mass is 10.1. The fourth-order valence-corrected chi connectivity index (χ4v) is 1.44. The topological polar surface area (TPSA) is 41.6 Å². The van der Waals surface area contributed by atoms with Crippen LogP contribution >= 0.6 is 0 Å². The summed E-state index contributed by atoms with van der Waals surface area (Å²) in [6, 6.07) is 10.3. The molecule has 0 saturated heterocycles. The fraction of sp³-hybridized carbons (Fsp3) is 0.167. The van der Waals surface area contributed by atoms with E-state index in [0.29, 0.717) is 12.4 Å². The van der Waals surface area contributed by atoms with Gasteiger partial charge in [0.2, 0.25) is 5.82 Å². The molecule has 0 aliphatic heterocycles. The van der Waals surface area contributed by atoms with Gasteiger partial charge in [0.15, 0.2) is 0 Å². The zero-order valence-corrected chi connectivity index (χ0v) is 8.51. The van der Waals surface area contributed by atoms with Gasteiger partial charge in [-0.05, 0) is 12.5 Å². The standard InChI is InChI=1S/C12H11N3/c1-10-2-4-11(5-3-10)9-15-7-6-14-12(15)8-13/h2-7H,9H2,1H3. The lowest BCUT2D eigenvalue weighted by Crippen LogP contribution is -2.01. The van der Waals surface area contributed by atoms with Crippen LogP contribution in [0.25, 0.3) is 0 Å². The first-order valence-electron chi connectivity index (χ1n) is 4.76. The quantitative estimate of drug-likeness (QED) is 0.739. The highest BCUT2D eigenvalue weighted by molar-refractivity contribution is 5.23. The van der Waals surface area contributed by atoms with Crippen molar-refractivity contribution in [1.82, 2.24) is 9.55 Å². The lowest BCUT2D eigenvalue weighted by molar-refractivity contribution is 0.782. The van der Waals surface area contributed by atoms with Crippen molar-refractivity contribution in [3.63, 3.8) is 0 Å². The van der Waals surface area contributed by atoms with Gasteiger partial charge in [-0.15, -0.1) is 0 Å². The zero-order chi connectivity index (χ0) is 10.7. The molecule has 2 aromatic rings. The summed E-state index contributed by atoms with van der Waals surface area (Å²) >= 11 is 0. The minimum absolute atomic E-state index is 0.454. The van der Waals surface area contributed by atoms with Crippen LogP contribution in [0.1, 0.15) is 17.0 Å². The van der Waals surface area contributed by atoms with Gasteiger partial charge in [-0.25, -0.2) is 4.98 Å². The molecule has 15 heavy (non-hydrogen) atoms. The van der Waals surface area contributed by atoms with Gasteiger partial charge in [0, 0.05) is 18.9 Å². The van der Waals surface area contributed by atoms with Gasteiger partial charge in [0.05, 0.1) is 0 Å². The Morgan fingerprint density at radius 3 is 2.73 bits per heavy atom. The van der Waals surface area contributed by atoms with E-state index in [1.165, 1.54) is 11.1 Å². The number of nitrogens with zero attached hydrogens (tertiary/aromatic N) is 3. The number of hydrogen-bond acceptors (Lipinski definition) is 2. The van der Waals surface area contributed by atoms with Gasteiger partial charge in [-0.1, -0.05) is 29.8 Å². The maximum Gasteiger partial charge on any atom is 0.213 e. The molecule has 0 radical (unpaired) electrons. The number of benzene rings is 1. The van der Waals surface area contributed by atoms with Crippen molar-refractivity contribution in [3.05, 3.63) is 53.6 Å². The monoisotopic (exact) mass is 197 g/mol. The van der Waals surface area contributed by atoms with Crippen LogP contribution in [-0.2, 0) is 6.54 Å². The van der Waals surface area contributed by atoms with Crippen LogP contribution in [0, 0.1) is 18.3 Å². The van der Waals surface area contributed by atoms with E-state index in [4.69, 9.17) is 5.26 Å². The number of aromatic nitrogens is 2. The lowest BCUT2D eigenvalue weighted by Gasteiger charge is -2.03. The zero-order valence-electron chi connectivity index (χ0n) is 8.51. The Bertz CT molecular complexity index is 488. The minimum atomic E-state index is 0.454. The molecule has 0 amide bonds. The summed E-state index contributed by atoms with van der Waals surface area (Å²) in [6.45, 7) is 2.75. The van der Waals surface area contributed by atoms with E-state index in [9.17, 15) is 0 Å². The molecule has 0 saturated carbocycles. The molecule has 0 atom stereocenters. The maximum atomic E-state index is 8.80. The van der Waals surface area contributed by atoms with Gasteiger partial charge >= 0.3 is 0 Å². The molecule has 0 unspecified atom stereocenters. The first kappa shape index (κ1) is 9.47. The van der Waals surface area contributed by atoms with Crippen molar-refractivity contribution in [2.24, 2.45) is 0 Å². The van der Waals surface area contributed by atoms with Crippen LogP contribution in [0.4, 0.5) is 0 Å². The van der Waals surface area contributed by atoms with Crippen LogP contribution in [-0.4, -0.2) is 9.55 Å². The Hall–Kier alpha value is -2.08. The van der Waals surface area contributed by atoms with Crippen LogP contribution in [0.5, 0.6) is 0 Å².